The van der Waals surface area contributed by atoms with Crippen LogP contribution in [-0.4, -0.2) is 9.55 Å². The van der Waals surface area contributed by atoms with E-state index >= 15 is 0 Å². The van der Waals surface area contributed by atoms with Crippen molar-refractivity contribution in [3.63, 3.8) is 0 Å². The first-order chi connectivity index (χ1) is 13.5. The van der Waals surface area contributed by atoms with Crippen molar-refractivity contribution in [3.8, 4) is 5.75 Å². The Bertz CT molecular complexity index is 1140. The van der Waals surface area contributed by atoms with Crippen molar-refractivity contribution in [2.45, 2.75) is 27.0 Å². The number of nitrogens with zero attached hydrogens (tertiary/aromatic N) is 2. The SMILES string of the molecule is Cc1c(C)n(Cc2ccc(F)cc2)c2c(COc3ccccc3Cl)nccc12.Cl. The number of aryl methyl sites for hydroxylation is 1. The minimum atomic E-state index is -0.232. The molecule has 0 fully saturated rings. The number of aromatic nitrogens is 2. The number of ether oxygens (including phenoxy) is 1. The van der Waals surface area contributed by atoms with Gasteiger partial charge in [-0.1, -0.05) is 35.9 Å². The second kappa shape index (κ2) is 8.85. The van der Waals surface area contributed by atoms with Gasteiger partial charge in [0.15, 0.2) is 0 Å². The minimum absolute atomic E-state index is 0. The first kappa shape index (κ1) is 21.2. The Hall–Kier alpha value is -2.56. The Labute approximate surface area is 180 Å². The van der Waals surface area contributed by atoms with Gasteiger partial charge in [0.1, 0.15) is 23.9 Å². The van der Waals surface area contributed by atoms with Gasteiger partial charge in [-0.2, -0.15) is 0 Å². The second-order valence-electron chi connectivity index (χ2n) is 6.80. The lowest BCUT2D eigenvalue weighted by molar-refractivity contribution is 0.302. The van der Waals surface area contributed by atoms with E-state index in [0.717, 1.165) is 27.9 Å². The number of benzene rings is 2. The first-order valence-electron chi connectivity index (χ1n) is 9.09. The van der Waals surface area contributed by atoms with Crippen molar-refractivity contribution in [2.75, 3.05) is 0 Å². The number of hydrogen-bond donors (Lipinski definition) is 0. The molecule has 0 saturated carbocycles. The number of hydrogen-bond acceptors (Lipinski definition) is 2. The van der Waals surface area contributed by atoms with E-state index in [1.54, 1.807) is 6.07 Å². The number of fused-ring (bicyclic) bond motifs is 1. The van der Waals surface area contributed by atoms with Crippen molar-refractivity contribution in [2.24, 2.45) is 0 Å². The van der Waals surface area contributed by atoms with Crippen molar-refractivity contribution in [1.82, 2.24) is 9.55 Å². The molecule has 0 aliphatic rings. The van der Waals surface area contributed by atoms with Crippen LogP contribution >= 0.6 is 24.0 Å². The maximum atomic E-state index is 13.3. The van der Waals surface area contributed by atoms with Gasteiger partial charge >= 0.3 is 0 Å². The normalized spacial score (nSPS) is 10.8. The zero-order valence-corrected chi connectivity index (χ0v) is 17.7. The second-order valence-corrected chi connectivity index (χ2v) is 7.20. The molecule has 29 heavy (non-hydrogen) atoms. The summed E-state index contributed by atoms with van der Waals surface area (Å²) in [7, 11) is 0. The lowest BCUT2D eigenvalue weighted by Crippen LogP contribution is -2.06. The van der Waals surface area contributed by atoms with E-state index in [-0.39, 0.29) is 18.2 Å². The summed E-state index contributed by atoms with van der Waals surface area (Å²) >= 11 is 6.21. The minimum Gasteiger partial charge on any atom is -0.486 e. The van der Waals surface area contributed by atoms with E-state index in [1.807, 2.05) is 42.6 Å². The average molecular weight is 431 g/mol. The van der Waals surface area contributed by atoms with Crippen molar-refractivity contribution >= 4 is 34.9 Å². The largest absolute Gasteiger partial charge is 0.486 e. The van der Waals surface area contributed by atoms with Crippen LogP contribution in [0.5, 0.6) is 5.75 Å². The molecule has 0 unspecified atom stereocenters. The van der Waals surface area contributed by atoms with Crippen LogP contribution in [0.3, 0.4) is 0 Å². The Morgan fingerprint density at radius 3 is 2.48 bits per heavy atom. The summed E-state index contributed by atoms with van der Waals surface area (Å²) in [5.41, 5.74) is 5.28. The molecule has 2 aromatic carbocycles. The predicted molar refractivity (Wildman–Crippen MR) is 118 cm³/mol. The molecule has 3 nitrogen and oxygen atoms in total. The van der Waals surface area contributed by atoms with Crippen LogP contribution < -0.4 is 4.74 Å². The molecule has 0 spiro atoms. The first-order valence-corrected chi connectivity index (χ1v) is 9.47. The summed E-state index contributed by atoms with van der Waals surface area (Å²) in [6, 6.07) is 16.0. The van der Waals surface area contributed by atoms with Gasteiger partial charge in [0, 0.05) is 23.8 Å². The van der Waals surface area contributed by atoms with Crippen LogP contribution in [0.4, 0.5) is 4.39 Å². The smallest absolute Gasteiger partial charge is 0.138 e. The zero-order chi connectivity index (χ0) is 19.7. The molecular formula is C23H21Cl2FN2O. The van der Waals surface area contributed by atoms with E-state index in [2.05, 4.69) is 23.4 Å². The third kappa shape index (κ3) is 4.24. The summed E-state index contributed by atoms with van der Waals surface area (Å²) in [6.07, 6.45) is 1.81. The molecule has 4 aromatic rings. The van der Waals surface area contributed by atoms with Crippen LogP contribution in [-0.2, 0) is 13.2 Å². The highest BCUT2D eigenvalue weighted by Crippen LogP contribution is 2.30. The van der Waals surface area contributed by atoms with E-state index in [1.165, 1.54) is 17.7 Å². The summed E-state index contributed by atoms with van der Waals surface area (Å²) in [6.45, 7) is 5.16. The fraction of sp³-hybridized carbons (Fsp3) is 0.174. The molecule has 2 heterocycles. The molecule has 2 aromatic heterocycles. The van der Waals surface area contributed by atoms with Crippen molar-refractivity contribution in [3.05, 3.63) is 94.1 Å². The third-order valence-corrected chi connectivity index (χ3v) is 5.39. The molecule has 0 aliphatic heterocycles. The molecule has 0 radical (unpaired) electrons. The van der Waals surface area contributed by atoms with Crippen LogP contribution in [0.25, 0.3) is 10.9 Å². The molecular weight excluding hydrogens is 410 g/mol. The molecule has 0 bridgehead atoms. The van der Waals surface area contributed by atoms with Gasteiger partial charge in [0.2, 0.25) is 0 Å². The monoisotopic (exact) mass is 430 g/mol. The van der Waals surface area contributed by atoms with Crippen LogP contribution in [0.1, 0.15) is 22.5 Å². The van der Waals surface area contributed by atoms with Crippen LogP contribution in [0.15, 0.2) is 60.8 Å². The predicted octanol–water partition coefficient (Wildman–Crippen LogP) is 6.49. The fourth-order valence-corrected chi connectivity index (χ4v) is 3.64. The third-order valence-electron chi connectivity index (χ3n) is 5.08. The molecule has 0 amide bonds. The molecule has 0 aliphatic carbocycles. The quantitative estimate of drug-likeness (QED) is 0.361. The van der Waals surface area contributed by atoms with E-state index in [9.17, 15) is 4.39 Å². The van der Waals surface area contributed by atoms with Crippen molar-refractivity contribution in [1.29, 1.82) is 0 Å². The van der Waals surface area contributed by atoms with Crippen LogP contribution in [0, 0.1) is 19.7 Å². The Balaban J connectivity index is 0.00000240. The fourth-order valence-electron chi connectivity index (χ4n) is 3.45. The standard InChI is InChI=1S/C23H20ClFN2O.ClH/c1-15-16(2)27(13-17-7-9-18(25)10-8-17)23-19(15)11-12-26-21(23)14-28-22-6-4-3-5-20(22)24;/h3-12H,13-14H2,1-2H3;1H. The number of rotatable bonds is 5. The average Bonchev–Trinajstić information content (AvgIpc) is 2.94. The van der Waals surface area contributed by atoms with Gasteiger partial charge in [-0.25, -0.2) is 4.39 Å². The van der Waals surface area contributed by atoms with Gasteiger partial charge in [0.25, 0.3) is 0 Å². The molecule has 0 N–H and O–H groups in total. The number of para-hydroxylation sites is 1. The Morgan fingerprint density at radius 2 is 1.76 bits per heavy atom. The molecule has 6 heteroatoms. The van der Waals surface area contributed by atoms with Gasteiger partial charge < -0.3 is 9.30 Å². The summed E-state index contributed by atoms with van der Waals surface area (Å²) in [5, 5.41) is 1.72. The maximum Gasteiger partial charge on any atom is 0.138 e. The maximum absolute atomic E-state index is 13.3. The lowest BCUT2D eigenvalue weighted by Gasteiger charge is -2.13. The summed E-state index contributed by atoms with van der Waals surface area (Å²) < 4.78 is 21.4. The highest BCUT2D eigenvalue weighted by molar-refractivity contribution is 6.32. The van der Waals surface area contributed by atoms with Crippen molar-refractivity contribution < 1.29 is 9.13 Å². The van der Waals surface area contributed by atoms with E-state index in [0.29, 0.717) is 23.9 Å². The lowest BCUT2D eigenvalue weighted by atomic mass is 10.2. The highest BCUT2D eigenvalue weighted by Gasteiger charge is 2.16. The van der Waals surface area contributed by atoms with Gasteiger partial charge in [-0.15, -0.1) is 12.4 Å². The van der Waals surface area contributed by atoms with E-state index in [4.69, 9.17) is 16.3 Å². The Morgan fingerprint density at radius 1 is 1.03 bits per heavy atom. The van der Waals surface area contributed by atoms with Crippen LogP contribution in [0.2, 0.25) is 5.02 Å². The molecule has 4 rings (SSSR count). The number of halogens is 3. The van der Waals surface area contributed by atoms with Gasteiger partial charge in [-0.05, 0) is 55.3 Å². The summed E-state index contributed by atoms with van der Waals surface area (Å²) in [4.78, 5) is 4.57. The zero-order valence-electron chi connectivity index (χ0n) is 16.2. The summed E-state index contributed by atoms with van der Waals surface area (Å²) in [5.74, 6) is 0.401. The number of pyridine rings is 1. The molecule has 150 valence electrons. The topological polar surface area (TPSA) is 27.1 Å². The molecule has 0 atom stereocenters. The highest BCUT2D eigenvalue weighted by atomic mass is 35.5. The van der Waals surface area contributed by atoms with E-state index < -0.39 is 0 Å². The van der Waals surface area contributed by atoms with Gasteiger partial charge in [-0.3, -0.25) is 4.98 Å². The Kier molecular flexibility index (Phi) is 6.46. The van der Waals surface area contributed by atoms with Gasteiger partial charge in [0.05, 0.1) is 10.5 Å². The molecule has 0 saturated heterocycles.